The largest absolute Gasteiger partial charge is 0.507 e. The Morgan fingerprint density at radius 1 is 1.50 bits per heavy atom. The van der Waals surface area contributed by atoms with Crippen LogP contribution in [-0.2, 0) is 4.79 Å². The quantitative estimate of drug-likeness (QED) is 0.895. The van der Waals surface area contributed by atoms with Crippen molar-refractivity contribution in [3.05, 3.63) is 28.8 Å². The van der Waals surface area contributed by atoms with Crippen LogP contribution in [0.3, 0.4) is 0 Å². The van der Waals surface area contributed by atoms with Crippen LogP contribution in [0.5, 0.6) is 5.75 Å². The summed E-state index contributed by atoms with van der Waals surface area (Å²) in [5, 5.41) is 19.2. The number of phenolic OH excluding ortho intramolecular Hbond substituents is 1. The highest BCUT2D eigenvalue weighted by Crippen LogP contribution is 2.34. The molecule has 2 atom stereocenters. The van der Waals surface area contributed by atoms with E-state index < -0.39 is 17.9 Å². The Bertz CT molecular complexity index is 551. The number of amides is 1. The van der Waals surface area contributed by atoms with Gasteiger partial charge in [-0.3, -0.25) is 4.79 Å². The lowest BCUT2D eigenvalue weighted by atomic mass is 10.1. The monoisotopic (exact) mass is 315 g/mol. The second kappa shape index (κ2) is 5.93. The van der Waals surface area contributed by atoms with E-state index >= 15 is 0 Å². The highest BCUT2D eigenvalue weighted by atomic mass is 35.5. The Labute approximate surface area is 125 Å². The molecule has 0 aromatic heterocycles. The normalized spacial score (nSPS) is 22.0. The zero-order valence-electron chi connectivity index (χ0n) is 10.7. The van der Waals surface area contributed by atoms with Gasteiger partial charge in [0.2, 0.25) is 0 Å². The molecule has 108 valence electrons. The number of aromatic hydroxyl groups is 1. The Hall–Kier alpha value is -1.40. The number of rotatable bonds is 3. The van der Waals surface area contributed by atoms with Crippen molar-refractivity contribution in [2.45, 2.75) is 24.8 Å². The molecule has 1 aliphatic rings. The van der Waals surface area contributed by atoms with E-state index in [-0.39, 0.29) is 16.7 Å². The highest BCUT2D eigenvalue weighted by molar-refractivity contribution is 8.00. The molecular weight excluding hydrogens is 302 g/mol. The van der Waals surface area contributed by atoms with Crippen molar-refractivity contribution in [3.8, 4) is 5.75 Å². The van der Waals surface area contributed by atoms with Crippen molar-refractivity contribution in [1.82, 2.24) is 4.90 Å². The van der Waals surface area contributed by atoms with Gasteiger partial charge in [0.05, 0.1) is 10.9 Å². The molecule has 0 saturated carbocycles. The molecule has 2 unspecified atom stereocenters. The fourth-order valence-electron chi connectivity index (χ4n) is 2.17. The average Bonchev–Trinajstić information content (AvgIpc) is 2.81. The second-order valence-corrected chi connectivity index (χ2v) is 6.07. The summed E-state index contributed by atoms with van der Waals surface area (Å²) < 4.78 is 0. The molecular formula is C13H14ClNO4S. The maximum atomic E-state index is 12.5. The molecule has 2 rings (SSSR count). The maximum Gasteiger partial charge on any atom is 0.327 e. The van der Waals surface area contributed by atoms with Gasteiger partial charge in [0.25, 0.3) is 5.91 Å². The fourth-order valence-corrected chi connectivity index (χ4v) is 3.68. The van der Waals surface area contributed by atoms with Crippen LogP contribution in [0.25, 0.3) is 0 Å². The molecule has 1 fully saturated rings. The first-order valence-electron chi connectivity index (χ1n) is 6.11. The first kappa shape index (κ1) is 15.0. The SMILES string of the molecule is CCC1SCC(C(=O)O)N1C(=O)c1ccc(Cl)cc1O. The summed E-state index contributed by atoms with van der Waals surface area (Å²) in [6.07, 6.45) is 0.647. The summed E-state index contributed by atoms with van der Waals surface area (Å²) in [5.41, 5.74) is 0.0709. The van der Waals surface area contributed by atoms with Crippen LogP contribution in [0, 0.1) is 0 Å². The molecule has 1 saturated heterocycles. The van der Waals surface area contributed by atoms with Gasteiger partial charge < -0.3 is 15.1 Å². The highest BCUT2D eigenvalue weighted by Gasteiger charge is 2.41. The van der Waals surface area contributed by atoms with Crippen molar-refractivity contribution in [3.63, 3.8) is 0 Å². The van der Waals surface area contributed by atoms with E-state index in [0.717, 1.165) is 0 Å². The molecule has 1 aromatic rings. The van der Waals surface area contributed by atoms with Gasteiger partial charge in [-0.15, -0.1) is 11.8 Å². The predicted octanol–water partition coefficient (Wildman–Crippen LogP) is 2.42. The molecule has 20 heavy (non-hydrogen) atoms. The minimum absolute atomic E-state index is 0.0709. The number of carbonyl (C=O) groups is 2. The van der Waals surface area contributed by atoms with Gasteiger partial charge in [-0.1, -0.05) is 18.5 Å². The number of carbonyl (C=O) groups excluding carboxylic acids is 1. The summed E-state index contributed by atoms with van der Waals surface area (Å²) >= 11 is 7.17. The van der Waals surface area contributed by atoms with Crippen LogP contribution < -0.4 is 0 Å². The zero-order chi connectivity index (χ0) is 14.9. The minimum Gasteiger partial charge on any atom is -0.507 e. The van der Waals surface area contributed by atoms with E-state index in [2.05, 4.69) is 0 Å². The van der Waals surface area contributed by atoms with Crippen LogP contribution in [0.4, 0.5) is 0 Å². The summed E-state index contributed by atoms with van der Waals surface area (Å²) in [5.74, 6) is -1.40. The van der Waals surface area contributed by atoms with Crippen LogP contribution >= 0.6 is 23.4 Å². The van der Waals surface area contributed by atoms with Crippen LogP contribution in [0.1, 0.15) is 23.7 Å². The van der Waals surface area contributed by atoms with Gasteiger partial charge in [-0.25, -0.2) is 4.79 Å². The number of thioether (sulfide) groups is 1. The Morgan fingerprint density at radius 3 is 2.75 bits per heavy atom. The van der Waals surface area contributed by atoms with Gasteiger partial charge in [-0.2, -0.15) is 0 Å². The number of carboxylic acid groups (broad SMARTS) is 1. The first-order valence-corrected chi connectivity index (χ1v) is 7.54. The number of phenols is 1. The molecule has 1 aromatic carbocycles. The lowest BCUT2D eigenvalue weighted by Gasteiger charge is -2.27. The van der Waals surface area contributed by atoms with Crippen molar-refractivity contribution in [1.29, 1.82) is 0 Å². The van der Waals surface area contributed by atoms with Crippen molar-refractivity contribution < 1.29 is 19.8 Å². The number of halogens is 1. The zero-order valence-corrected chi connectivity index (χ0v) is 12.3. The topological polar surface area (TPSA) is 77.8 Å². The Balaban J connectivity index is 2.36. The van der Waals surface area contributed by atoms with E-state index in [1.165, 1.54) is 34.9 Å². The molecule has 1 heterocycles. The summed E-state index contributed by atoms with van der Waals surface area (Å²) in [6.45, 7) is 1.89. The second-order valence-electron chi connectivity index (χ2n) is 4.42. The van der Waals surface area contributed by atoms with Gasteiger partial charge >= 0.3 is 5.97 Å². The number of hydrogen-bond donors (Lipinski definition) is 2. The summed E-state index contributed by atoms with van der Waals surface area (Å²) in [7, 11) is 0. The standard InChI is InChI=1S/C13H14ClNO4S/c1-2-11-15(9(6-20-11)13(18)19)12(17)8-4-3-7(14)5-10(8)16/h3-5,9,11,16H,2,6H2,1H3,(H,18,19). The van der Waals surface area contributed by atoms with Gasteiger partial charge in [-0.05, 0) is 24.6 Å². The van der Waals surface area contributed by atoms with E-state index in [1.807, 2.05) is 6.92 Å². The van der Waals surface area contributed by atoms with E-state index in [1.54, 1.807) is 0 Å². The Morgan fingerprint density at radius 2 is 2.20 bits per heavy atom. The molecule has 0 aliphatic carbocycles. The van der Waals surface area contributed by atoms with Gasteiger partial charge in [0.15, 0.2) is 0 Å². The molecule has 2 N–H and O–H groups in total. The van der Waals surface area contributed by atoms with Gasteiger partial charge in [0, 0.05) is 10.8 Å². The lowest BCUT2D eigenvalue weighted by molar-refractivity contribution is -0.141. The minimum atomic E-state index is -1.03. The predicted molar refractivity (Wildman–Crippen MR) is 77.2 cm³/mol. The number of hydrogen-bond acceptors (Lipinski definition) is 4. The van der Waals surface area contributed by atoms with Crippen molar-refractivity contribution in [2.24, 2.45) is 0 Å². The summed E-state index contributed by atoms with van der Waals surface area (Å²) in [6, 6.07) is 3.31. The third-order valence-electron chi connectivity index (χ3n) is 3.15. The number of aliphatic carboxylic acids is 1. The van der Waals surface area contributed by atoms with Crippen molar-refractivity contribution >= 4 is 35.2 Å². The smallest absolute Gasteiger partial charge is 0.327 e. The van der Waals surface area contributed by atoms with Gasteiger partial charge in [0.1, 0.15) is 11.8 Å². The molecule has 1 aliphatic heterocycles. The fraction of sp³-hybridized carbons (Fsp3) is 0.385. The Kier molecular flexibility index (Phi) is 4.45. The molecule has 7 heteroatoms. The van der Waals surface area contributed by atoms with Crippen LogP contribution in [0.2, 0.25) is 5.02 Å². The van der Waals surface area contributed by atoms with E-state index in [4.69, 9.17) is 11.6 Å². The first-order chi connectivity index (χ1) is 9.45. The maximum absolute atomic E-state index is 12.5. The molecule has 0 spiro atoms. The van der Waals surface area contributed by atoms with Crippen LogP contribution in [-0.4, -0.2) is 44.2 Å². The third kappa shape index (κ3) is 2.71. The third-order valence-corrected chi connectivity index (χ3v) is 4.84. The van der Waals surface area contributed by atoms with E-state index in [0.29, 0.717) is 17.2 Å². The number of nitrogens with zero attached hydrogens (tertiary/aromatic N) is 1. The number of carboxylic acids is 1. The number of benzene rings is 1. The molecule has 0 radical (unpaired) electrons. The van der Waals surface area contributed by atoms with E-state index in [9.17, 15) is 19.8 Å². The van der Waals surface area contributed by atoms with Crippen LogP contribution in [0.15, 0.2) is 18.2 Å². The molecule has 0 bridgehead atoms. The molecule has 1 amide bonds. The molecule has 5 nitrogen and oxygen atoms in total. The van der Waals surface area contributed by atoms with Crippen molar-refractivity contribution in [2.75, 3.05) is 5.75 Å². The summed E-state index contributed by atoms with van der Waals surface area (Å²) in [4.78, 5) is 25.1. The average molecular weight is 316 g/mol. The lowest BCUT2D eigenvalue weighted by Crippen LogP contribution is -2.45.